The van der Waals surface area contributed by atoms with E-state index >= 15 is 0 Å². The van der Waals surface area contributed by atoms with Crippen LogP contribution < -0.4 is 0 Å². The Bertz CT molecular complexity index is 651. The molecule has 0 aliphatic rings. The highest BCUT2D eigenvalue weighted by atomic mass is 28.4. The Morgan fingerprint density at radius 3 is 0.780 bits per heavy atom. The summed E-state index contributed by atoms with van der Waals surface area (Å²) in [4.78, 5) is 0. The standard InChI is InChI=1S/C39H82O10Si/c1-7-8-9-10-11-12-13-14-15-16-17-18-19-20-40-21-22-41-23-24-42-25-26-43-27-28-44-29-30-45-31-32-46-33-34-47-35-36-48-37-38-49-50(5,6)39(2,3)4/h7-38H2,1-6H3. The lowest BCUT2D eigenvalue weighted by Crippen LogP contribution is -2.41. The maximum atomic E-state index is 6.09. The van der Waals surface area contributed by atoms with E-state index in [0.717, 1.165) is 13.0 Å². The van der Waals surface area contributed by atoms with Crippen molar-refractivity contribution in [1.29, 1.82) is 0 Å². The summed E-state index contributed by atoms with van der Waals surface area (Å²) in [5.41, 5.74) is 0. The first-order chi connectivity index (χ1) is 24.3. The van der Waals surface area contributed by atoms with Crippen LogP contribution in [0.4, 0.5) is 0 Å². The highest BCUT2D eigenvalue weighted by Crippen LogP contribution is 2.36. The summed E-state index contributed by atoms with van der Waals surface area (Å²) in [6.45, 7) is 24.5. The van der Waals surface area contributed by atoms with Crippen LogP contribution in [0.25, 0.3) is 0 Å². The molecule has 0 N–H and O–H groups in total. The van der Waals surface area contributed by atoms with E-state index in [-0.39, 0.29) is 5.04 Å². The van der Waals surface area contributed by atoms with Crippen LogP contribution in [0.5, 0.6) is 0 Å². The molecule has 0 spiro atoms. The minimum atomic E-state index is -1.69. The van der Waals surface area contributed by atoms with Crippen LogP contribution in [0, 0.1) is 0 Å². The lowest BCUT2D eigenvalue weighted by atomic mass is 10.0. The van der Waals surface area contributed by atoms with Gasteiger partial charge in [0.1, 0.15) is 0 Å². The summed E-state index contributed by atoms with van der Waals surface area (Å²) in [6, 6.07) is 0. The van der Waals surface area contributed by atoms with Gasteiger partial charge in [-0.3, -0.25) is 0 Å². The van der Waals surface area contributed by atoms with E-state index in [1.165, 1.54) is 77.0 Å². The average Bonchev–Trinajstić information content (AvgIpc) is 3.08. The lowest BCUT2D eigenvalue weighted by Gasteiger charge is -2.36. The molecule has 0 radical (unpaired) electrons. The molecule has 0 fully saturated rings. The minimum absolute atomic E-state index is 0.222. The maximum absolute atomic E-state index is 6.09. The van der Waals surface area contributed by atoms with Gasteiger partial charge in [0.15, 0.2) is 8.32 Å². The van der Waals surface area contributed by atoms with Gasteiger partial charge in [-0.05, 0) is 24.6 Å². The molecule has 0 atom stereocenters. The van der Waals surface area contributed by atoms with Crippen molar-refractivity contribution in [1.82, 2.24) is 0 Å². The Morgan fingerprint density at radius 1 is 0.300 bits per heavy atom. The smallest absolute Gasteiger partial charge is 0.192 e. The van der Waals surface area contributed by atoms with E-state index in [4.69, 9.17) is 47.1 Å². The van der Waals surface area contributed by atoms with E-state index in [1.807, 2.05) is 0 Å². The van der Waals surface area contributed by atoms with Crippen molar-refractivity contribution in [2.75, 3.05) is 126 Å². The molecule has 50 heavy (non-hydrogen) atoms. The molecule has 11 heteroatoms. The molecule has 0 aromatic carbocycles. The highest BCUT2D eigenvalue weighted by Gasteiger charge is 2.36. The third-order valence-corrected chi connectivity index (χ3v) is 13.4. The van der Waals surface area contributed by atoms with Crippen molar-refractivity contribution in [2.24, 2.45) is 0 Å². The molecule has 0 bridgehead atoms. The first-order valence-electron chi connectivity index (χ1n) is 20.1. The zero-order valence-electron chi connectivity index (χ0n) is 33.7. The largest absolute Gasteiger partial charge is 0.414 e. The van der Waals surface area contributed by atoms with Gasteiger partial charge in [0, 0.05) is 6.61 Å². The predicted molar refractivity (Wildman–Crippen MR) is 206 cm³/mol. The summed E-state index contributed by atoms with van der Waals surface area (Å²) >= 11 is 0. The summed E-state index contributed by atoms with van der Waals surface area (Å²) in [5, 5.41) is 0.222. The van der Waals surface area contributed by atoms with Gasteiger partial charge in [-0.1, -0.05) is 105 Å². The third kappa shape index (κ3) is 37.6. The van der Waals surface area contributed by atoms with Crippen molar-refractivity contribution in [3.05, 3.63) is 0 Å². The van der Waals surface area contributed by atoms with Crippen LogP contribution in [-0.2, 0) is 47.1 Å². The summed E-state index contributed by atoms with van der Waals surface area (Å²) in [7, 11) is -1.69. The number of ether oxygens (including phenoxy) is 9. The Labute approximate surface area is 309 Å². The molecule has 302 valence electrons. The van der Waals surface area contributed by atoms with E-state index in [2.05, 4.69) is 40.8 Å². The molecule has 0 aromatic rings. The monoisotopic (exact) mass is 739 g/mol. The molecule has 0 heterocycles. The second-order valence-corrected chi connectivity index (χ2v) is 19.2. The Morgan fingerprint density at radius 2 is 0.520 bits per heavy atom. The van der Waals surface area contributed by atoms with E-state index in [9.17, 15) is 0 Å². The normalized spacial score (nSPS) is 12.4. The summed E-state index contributed by atoms with van der Waals surface area (Å²) in [5.74, 6) is 0. The predicted octanol–water partition coefficient (Wildman–Crippen LogP) is 8.25. The molecule has 0 aliphatic carbocycles. The first kappa shape index (κ1) is 49.8. The molecule has 0 aromatic heterocycles. The Balaban J connectivity index is 3.11. The van der Waals surface area contributed by atoms with Crippen LogP contribution in [0.3, 0.4) is 0 Å². The van der Waals surface area contributed by atoms with E-state index in [0.29, 0.717) is 119 Å². The van der Waals surface area contributed by atoms with E-state index in [1.54, 1.807) is 0 Å². The Kier molecular flexibility index (Phi) is 38.4. The number of hydrogen-bond donors (Lipinski definition) is 0. The molecule has 0 amide bonds. The molecule has 0 saturated heterocycles. The van der Waals surface area contributed by atoms with Crippen molar-refractivity contribution in [3.8, 4) is 0 Å². The lowest BCUT2D eigenvalue weighted by molar-refractivity contribution is -0.0255. The molecular weight excluding hydrogens is 657 g/mol. The van der Waals surface area contributed by atoms with Crippen LogP contribution >= 0.6 is 0 Å². The highest BCUT2D eigenvalue weighted by molar-refractivity contribution is 6.74. The second kappa shape index (κ2) is 38.5. The fourth-order valence-corrected chi connectivity index (χ4v) is 5.68. The Hall–Kier alpha value is -0.183. The fourth-order valence-electron chi connectivity index (χ4n) is 4.66. The van der Waals surface area contributed by atoms with Gasteiger partial charge in [0.05, 0.1) is 119 Å². The van der Waals surface area contributed by atoms with Crippen LogP contribution in [-0.4, -0.2) is 134 Å². The topological polar surface area (TPSA) is 92.3 Å². The van der Waals surface area contributed by atoms with Crippen LogP contribution in [0.1, 0.15) is 111 Å². The summed E-state index contributed by atoms with van der Waals surface area (Å²) < 4.78 is 56.1. The molecular formula is C39H82O10Si. The van der Waals surface area contributed by atoms with Gasteiger partial charge in [-0.25, -0.2) is 0 Å². The van der Waals surface area contributed by atoms with E-state index < -0.39 is 8.32 Å². The van der Waals surface area contributed by atoms with Gasteiger partial charge in [0.2, 0.25) is 0 Å². The molecule has 0 aliphatic heterocycles. The van der Waals surface area contributed by atoms with Gasteiger partial charge in [-0.15, -0.1) is 0 Å². The number of unbranched alkanes of at least 4 members (excludes halogenated alkanes) is 12. The van der Waals surface area contributed by atoms with Crippen molar-refractivity contribution >= 4 is 8.32 Å². The summed E-state index contributed by atoms with van der Waals surface area (Å²) in [6.07, 6.45) is 17.8. The maximum Gasteiger partial charge on any atom is 0.192 e. The third-order valence-electron chi connectivity index (χ3n) is 8.87. The number of hydrogen-bond acceptors (Lipinski definition) is 10. The van der Waals surface area contributed by atoms with Gasteiger partial charge >= 0.3 is 0 Å². The quantitative estimate of drug-likeness (QED) is 0.0451. The second-order valence-electron chi connectivity index (χ2n) is 14.4. The first-order valence-corrected chi connectivity index (χ1v) is 23.1. The molecule has 0 rings (SSSR count). The van der Waals surface area contributed by atoms with Gasteiger partial charge in [-0.2, -0.15) is 0 Å². The number of rotatable bonds is 42. The van der Waals surface area contributed by atoms with Crippen molar-refractivity contribution < 1.29 is 47.1 Å². The molecule has 0 unspecified atom stereocenters. The SMILES string of the molecule is CCCCCCCCCCCCCCCOCCOCCOCCOCCOCCOCCOCCOCCOCCO[Si](C)(C)C(C)(C)C. The zero-order valence-corrected chi connectivity index (χ0v) is 34.7. The minimum Gasteiger partial charge on any atom is -0.414 e. The van der Waals surface area contributed by atoms with Crippen molar-refractivity contribution in [2.45, 2.75) is 129 Å². The van der Waals surface area contributed by atoms with Crippen molar-refractivity contribution in [3.63, 3.8) is 0 Å². The van der Waals surface area contributed by atoms with Gasteiger partial charge < -0.3 is 47.1 Å². The fraction of sp³-hybridized carbons (Fsp3) is 1.00. The van der Waals surface area contributed by atoms with Crippen LogP contribution in [0.15, 0.2) is 0 Å². The average molecular weight is 739 g/mol. The van der Waals surface area contributed by atoms with Gasteiger partial charge in [0.25, 0.3) is 0 Å². The molecule has 0 saturated carbocycles. The molecule has 10 nitrogen and oxygen atoms in total. The zero-order chi connectivity index (χ0) is 36.7. The van der Waals surface area contributed by atoms with Crippen LogP contribution in [0.2, 0.25) is 18.1 Å².